The number of hydrogen-bond acceptors (Lipinski definition) is 3. The summed E-state index contributed by atoms with van der Waals surface area (Å²) in [5.41, 5.74) is 4.30. The van der Waals surface area contributed by atoms with Crippen molar-refractivity contribution in [3.8, 4) is 27.6 Å². The molecule has 0 unspecified atom stereocenters. The zero-order valence-electron chi connectivity index (χ0n) is 12.0. The Bertz CT molecular complexity index is 951. The maximum Gasteiger partial charge on any atom is 0.124 e. The third-order valence-corrected chi connectivity index (χ3v) is 4.78. The summed E-state index contributed by atoms with van der Waals surface area (Å²) in [5.74, 6) is 0.272. The van der Waals surface area contributed by atoms with E-state index in [1.165, 1.54) is 10.3 Å². The smallest absolute Gasteiger partial charge is 0.124 e. The number of aromatic amines is 1. The molecule has 22 heavy (non-hydrogen) atoms. The van der Waals surface area contributed by atoms with Crippen LogP contribution in [0.25, 0.3) is 32.7 Å². The van der Waals surface area contributed by atoms with Crippen LogP contribution in [-0.2, 0) is 0 Å². The van der Waals surface area contributed by atoms with Crippen LogP contribution in [0.1, 0.15) is 4.88 Å². The number of benzene rings is 2. The molecule has 0 bridgehead atoms. The number of aromatic nitrogens is 2. The Balaban J connectivity index is 1.85. The van der Waals surface area contributed by atoms with Crippen molar-refractivity contribution in [3.63, 3.8) is 0 Å². The SMILES string of the molecule is Cc1sc(-c2ccc(O)cc2)nc1-c1c[nH]c2ccccc12. The van der Waals surface area contributed by atoms with Gasteiger partial charge in [-0.1, -0.05) is 18.2 Å². The van der Waals surface area contributed by atoms with Crippen LogP contribution in [-0.4, -0.2) is 15.1 Å². The highest BCUT2D eigenvalue weighted by molar-refractivity contribution is 7.15. The van der Waals surface area contributed by atoms with Gasteiger partial charge in [0, 0.05) is 33.1 Å². The molecule has 0 fully saturated rings. The molecule has 2 heterocycles. The molecule has 0 aliphatic carbocycles. The number of thiazole rings is 1. The first-order chi connectivity index (χ1) is 10.7. The lowest BCUT2D eigenvalue weighted by Gasteiger charge is -1.97. The van der Waals surface area contributed by atoms with E-state index in [9.17, 15) is 5.11 Å². The first kappa shape index (κ1) is 13.1. The fourth-order valence-electron chi connectivity index (χ4n) is 2.64. The minimum atomic E-state index is 0.272. The van der Waals surface area contributed by atoms with Gasteiger partial charge < -0.3 is 10.1 Å². The van der Waals surface area contributed by atoms with Gasteiger partial charge in [-0.05, 0) is 37.3 Å². The minimum Gasteiger partial charge on any atom is -0.508 e. The molecular weight excluding hydrogens is 292 g/mol. The van der Waals surface area contributed by atoms with Crippen molar-refractivity contribution in [2.75, 3.05) is 0 Å². The number of phenolic OH excluding ortho intramolecular Hbond substituents is 1. The number of hydrogen-bond donors (Lipinski definition) is 2. The third-order valence-electron chi connectivity index (χ3n) is 3.76. The number of nitrogens with one attached hydrogen (secondary N) is 1. The second-order valence-electron chi connectivity index (χ2n) is 5.22. The lowest BCUT2D eigenvalue weighted by molar-refractivity contribution is 0.475. The van der Waals surface area contributed by atoms with Crippen molar-refractivity contribution in [3.05, 3.63) is 59.6 Å². The van der Waals surface area contributed by atoms with Crippen molar-refractivity contribution in [2.45, 2.75) is 6.92 Å². The average Bonchev–Trinajstić information content (AvgIpc) is 3.11. The van der Waals surface area contributed by atoms with E-state index in [1.807, 2.05) is 30.5 Å². The lowest BCUT2D eigenvalue weighted by Crippen LogP contribution is -1.80. The fourth-order valence-corrected chi connectivity index (χ4v) is 3.57. The van der Waals surface area contributed by atoms with E-state index >= 15 is 0 Å². The monoisotopic (exact) mass is 306 g/mol. The molecule has 0 aliphatic heterocycles. The molecule has 0 spiro atoms. The molecule has 2 aromatic carbocycles. The number of fused-ring (bicyclic) bond motifs is 1. The van der Waals surface area contributed by atoms with E-state index in [4.69, 9.17) is 4.98 Å². The topological polar surface area (TPSA) is 48.9 Å². The molecule has 0 aliphatic rings. The molecule has 108 valence electrons. The Morgan fingerprint density at radius 2 is 1.82 bits per heavy atom. The van der Waals surface area contributed by atoms with Gasteiger partial charge >= 0.3 is 0 Å². The quantitative estimate of drug-likeness (QED) is 0.549. The largest absolute Gasteiger partial charge is 0.508 e. The van der Waals surface area contributed by atoms with Gasteiger partial charge in [0.15, 0.2) is 0 Å². The zero-order valence-corrected chi connectivity index (χ0v) is 12.8. The molecule has 0 saturated heterocycles. The maximum atomic E-state index is 9.41. The molecule has 4 rings (SSSR count). The van der Waals surface area contributed by atoms with E-state index in [2.05, 4.69) is 24.0 Å². The van der Waals surface area contributed by atoms with Gasteiger partial charge in [0.05, 0.1) is 5.69 Å². The third kappa shape index (κ3) is 2.09. The van der Waals surface area contributed by atoms with Gasteiger partial charge in [-0.3, -0.25) is 0 Å². The van der Waals surface area contributed by atoms with Crippen molar-refractivity contribution in [1.29, 1.82) is 0 Å². The number of aryl methyl sites for hydroxylation is 1. The first-order valence-corrected chi connectivity index (χ1v) is 7.87. The summed E-state index contributed by atoms with van der Waals surface area (Å²) in [7, 11) is 0. The van der Waals surface area contributed by atoms with E-state index in [1.54, 1.807) is 23.5 Å². The van der Waals surface area contributed by atoms with Crippen LogP contribution in [0, 0.1) is 6.92 Å². The number of rotatable bonds is 2. The van der Waals surface area contributed by atoms with Gasteiger partial charge in [0.1, 0.15) is 10.8 Å². The minimum absolute atomic E-state index is 0.272. The highest BCUT2D eigenvalue weighted by Crippen LogP contribution is 2.36. The van der Waals surface area contributed by atoms with Crippen LogP contribution in [0.2, 0.25) is 0 Å². The van der Waals surface area contributed by atoms with E-state index in [0.717, 1.165) is 27.3 Å². The molecule has 0 amide bonds. The highest BCUT2D eigenvalue weighted by Gasteiger charge is 2.14. The number of nitrogens with zero attached hydrogens (tertiary/aromatic N) is 1. The summed E-state index contributed by atoms with van der Waals surface area (Å²) in [4.78, 5) is 9.31. The summed E-state index contributed by atoms with van der Waals surface area (Å²) in [6.07, 6.45) is 2.02. The van der Waals surface area contributed by atoms with Crippen LogP contribution >= 0.6 is 11.3 Å². The van der Waals surface area contributed by atoms with Crippen molar-refractivity contribution in [1.82, 2.24) is 9.97 Å². The number of phenols is 1. The normalized spacial score (nSPS) is 11.1. The van der Waals surface area contributed by atoms with Gasteiger partial charge in [-0.15, -0.1) is 11.3 Å². The standard InChI is InChI=1S/C18H14N2OS/c1-11-17(15-10-19-16-5-3-2-4-14(15)16)20-18(22-11)12-6-8-13(21)9-7-12/h2-10,19,21H,1H3. The molecule has 2 aromatic heterocycles. The first-order valence-electron chi connectivity index (χ1n) is 7.06. The van der Waals surface area contributed by atoms with Crippen LogP contribution in [0.5, 0.6) is 5.75 Å². The van der Waals surface area contributed by atoms with Crippen LogP contribution in [0.15, 0.2) is 54.7 Å². The van der Waals surface area contributed by atoms with Crippen LogP contribution in [0.3, 0.4) is 0 Å². The van der Waals surface area contributed by atoms with Gasteiger partial charge in [0.25, 0.3) is 0 Å². The summed E-state index contributed by atoms with van der Waals surface area (Å²) in [5, 5.41) is 11.6. The maximum absolute atomic E-state index is 9.41. The summed E-state index contributed by atoms with van der Waals surface area (Å²) >= 11 is 1.67. The molecular formula is C18H14N2OS. The van der Waals surface area contributed by atoms with Crippen molar-refractivity contribution < 1.29 is 5.11 Å². The molecule has 0 saturated carbocycles. The average molecular weight is 306 g/mol. The Labute approximate surface area is 131 Å². The van der Waals surface area contributed by atoms with Crippen molar-refractivity contribution >= 4 is 22.2 Å². The second kappa shape index (κ2) is 5.00. The van der Waals surface area contributed by atoms with Crippen molar-refractivity contribution in [2.24, 2.45) is 0 Å². The van der Waals surface area contributed by atoms with E-state index in [-0.39, 0.29) is 5.75 Å². The molecule has 4 heteroatoms. The molecule has 3 nitrogen and oxygen atoms in total. The molecule has 4 aromatic rings. The van der Waals surface area contributed by atoms with Gasteiger partial charge in [0.2, 0.25) is 0 Å². The van der Waals surface area contributed by atoms with E-state index < -0.39 is 0 Å². The van der Waals surface area contributed by atoms with Gasteiger partial charge in [-0.2, -0.15) is 0 Å². The Hall–Kier alpha value is -2.59. The summed E-state index contributed by atoms with van der Waals surface area (Å²) in [6, 6.07) is 15.4. The zero-order chi connectivity index (χ0) is 15.1. The molecule has 0 atom stereocenters. The molecule has 0 radical (unpaired) electrons. The highest BCUT2D eigenvalue weighted by atomic mass is 32.1. The van der Waals surface area contributed by atoms with Gasteiger partial charge in [-0.25, -0.2) is 4.98 Å². The summed E-state index contributed by atoms with van der Waals surface area (Å²) < 4.78 is 0. The van der Waals surface area contributed by atoms with Crippen LogP contribution in [0.4, 0.5) is 0 Å². The predicted octanol–water partition coefficient (Wildman–Crippen LogP) is 4.97. The van der Waals surface area contributed by atoms with Crippen LogP contribution < -0.4 is 0 Å². The fraction of sp³-hybridized carbons (Fsp3) is 0.0556. The number of aromatic hydroxyl groups is 1. The lowest BCUT2D eigenvalue weighted by atomic mass is 10.1. The number of H-pyrrole nitrogens is 1. The Morgan fingerprint density at radius 1 is 1.05 bits per heavy atom. The Kier molecular flexibility index (Phi) is 2.98. The predicted molar refractivity (Wildman–Crippen MR) is 91.2 cm³/mol. The Morgan fingerprint density at radius 3 is 2.64 bits per heavy atom. The summed E-state index contributed by atoms with van der Waals surface area (Å²) in [6.45, 7) is 2.10. The molecule has 2 N–H and O–H groups in total. The number of para-hydroxylation sites is 1. The second-order valence-corrected chi connectivity index (χ2v) is 6.42. The van der Waals surface area contributed by atoms with E-state index in [0.29, 0.717) is 0 Å².